The zero-order chi connectivity index (χ0) is 14.5. The second kappa shape index (κ2) is 7.07. The molecule has 110 valence electrons. The van der Waals surface area contributed by atoms with Crippen LogP contribution >= 0.6 is 11.6 Å². The molecule has 0 amide bonds. The van der Waals surface area contributed by atoms with Crippen molar-refractivity contribution in [1.82, 2.24) is 9.55 Å². The molecule has 2 rings (SSSR count). The van der Waals surface area contributed by atoms with E-state index in [1.54, 1.807) is 12.1 Å². The van der Waals surface area contributed by atoms with E-state index in [-0.39, 0.29) is 5.82 Å². The number of rotatable bonds is 7. The van der Waals surface area contributed by atoms with Crippen LogP contribution in [0.15, 0.2) is 18.2 Å². The fourth-order valence-electron chi connectivity index (χ4n) is 2.69. The van der Waals surface area contributed by atoms with Gasteiger partial charge in [0.25, 0.3) is 0 Å². The minimum Gasteiger partial charge on any atom is -0.325 e. The van der Waals surface area contributed by atoms with E-state index in [4.69, 9.17) is 11.6 Å². The Morgan fingerprint density at radius 3 is 2.85 bits per heavy atom. The number of hydrogen-bond acceptors (Lipinski definition) is 1. The van der Waals surface area contributed by atoms with Gasteiger partial charge < -0.3 is 4.57 Å². The molecule has 0 fully saturated rings. The molecule has 0 N–H and O–H groups in total. The predicted molar refractivity (Wildman–Crippen MR) is 83.0 cm³/mol. The highest BCUT2D eigenvalue weighted by atomic mass is 35.5. The van der Waals surface area contributed by atoms with Gasteiger partial charge in [-0.3, -0.25) is 0 Å². The molecule has 1 heterocycles. The lowest BCUT2D eigenvalue weighted by atomic mass is 10.1. The number of unbranched alkanes of at least 4 members (excludes halogenated alkanes) is 2. The summed E-state index contributed by atoms with van der Waals surface area (Å²) in [5, 5.41) is 0. The molecule has 2 aromatic rings. The standard InChI is InChI=1S/C16H22ClFN2/c1-3-4-5-6-12(2)20-15-11-13(18)7-8-14(15)19-16(20)9-10-17/h7-8,11-12H,3-6,9-10H2,1-2H3. The maximum absolute atomic E-state index is 13.5. The Bertz CT molecular complexity index is 565. The van der Waals surface area contributed by atoms with Gasteiger partial charge in [0.2, 0.25) is 0 Å². The van der Waals surface area contributed by atoms with E-state index in [9.17, 15) is 4.39 Å². The zero-order valence-corrected chi connectivity index (χ0v) is 13.0. The Kier molecular flexibility index (Phi) is 5.41. The lowest BCUT2D eigenvalue weighted by Crippen LogP contribution is -2.10. The number of benzene rings is 1. The normalized spacial score (nSPS) is 13.0. The third kappa shape index (κ3) is 3.32. The number of aryl methyl sites for hydroxylation is 1. The van der Waals surface area contributed by atoms with Crippen LogP contribution in [0.3, 0.4) is 0 Å². The monoisotopic (exact) mass is 296 g/mol. The summed E-state index contributed by atoms with van der Waals surface area (Å²) in [6.07, 6.45) is 5.44. The molecule has 0 aliphatic carbocycles. The van der Waals surface area contributed by atoms with Crippen LogP contribution in [-0.2, 0) is 6.42 Å². The summed E-state index contributed by atoms with van der Waals surface area (Å²) >= 11 is 5.87. The molecule has 20 heavy (non-hydrogen) atoms. The van der Waals surface area contributed by atoms with Crippen molar-refractivity contribution in [3.05, 3.63) is 29.8 Å². The van der Waals surface area contributed by atoms with Gasteiger partial charge in [0.15, 0.2) is 0 Å². The summed E-state index contributed by atoms with van der Waals surface area (Å²) in [6, 6.07) is 5.12. The quantitative estimate of drug-likeness (QED) is 0.513. The van der Waals surface area contributed by atoms with Crippen LogP contribution in [0.1, 0.15) is 51.4 Å². The Morgan fingerprint density at radius 2 is 2.15 bits per heavy atom. The van der Waals surface area contributed by atoms with Crippen molar-refractivity contribution in [3.8, 4) is 0 Å². The summed E-state index contributed by atoms with van der Waals surface area (Å²) < 4.78 is 15.7. The second-order valence-corrected chi connectivity index (χ2v) is 5.69. The number of fused-ring (bicyclic) bond motifs is 1. The Hall–Kier alpha value is -1.09. The van der Waals surface area contributed by atoms with E-state index in [1.165, 1.54) is 25.3 Å². The molecular formula is C16H22ClFN2. The summed E-state index contributed by atoms with van der Waals surface area (Å²) in [5.74, 6) is 1.29. The molecule has 1 unspecified atom stereocenters. The van der Waals surface area contributed by atoms with Gasteiger partial charge in [-0.25, -0.2) is 9.37 Å². The highest BCUT2D eigenvalue weighted by molar-refractivity contribution is 6.17. The van der Waals surface area contributed by atoms with Crippen LogP contribution < -0.4 is 0 Å². The van der Waals surface area contributed by atoms with E-state index in [0.717, 1.165) is 29.7 Å². The highest BCUT2D eigenvalue weighted by Crippen LogP contribution is 2.26. The van der Waals surface area contributed by atoms with Crippen LogP contribution in [0.5, 0.6) is 0 Å². The van der Waals surface area contributed by atoms with Crippen molar-refractivity contribution in [1.29, 1.82) is 0 Å². The molecule has 1 aromatic heterocycles. The average molecular weight is 297 g/mol. The first-order valence-corrected chi connectivity index (χ1v) is 7.93. The minimum atomic E-state index is -0.211. The topological polar surface area (TPSA) is 17.8 Å². The van der Waals surface area contributed by atoms with E-state index in [1.807, 2.05) is 0 Å². The van der Waals surface area contributed by atoms with Gasteiger partial charge in [-0.1, -0.05) is 26.2 Å². The minimum absolute atomic E-state index is 0.211. The Balaban J connectivity index is 2.36. The molecule has 0 radical (unpaired) electrons. The first-order chi connectivity index (χ1) is 9.67. The van der Waals surface area contributed by atoms with Gasteiger partial charge in [0, 0.05) is 18.3 Å². The molecule has 1 atom stereocenters. The van der Waals surface area contributed by atoms with E-state index < -0.39 is 0 Å². The number of alkyl halides is 1. The van der Waals surface area contributed by atoms with Crippen molar-refractivity contribution in [2.24, 2.45) is 0 Å². The fourth-order valence-corrected chi connectivity index (χ4v) is 2.86. The van der Waals surface area contributed by atoms with E-state index >= 15 is 0 Å². The smallest absolute Gasteiger partial charge is 0.125 e. The molecule has 0 bridgehead atoms. The molecule has 0 saturated heterocycles. The second-order valence-electron chi connectivity index (χ2n) is 5.31. The summed E-state index contributed by atoms with van der Waals surface area (Å²) in [5.41, 5.74) is 1.74. The number of hydrogen-bond donors (Lipinski definition) is 0. The van der Waals surface area contributed by atoms with Crippen molar-refractivity contribution < 1.29 is 4.39 Å². The highest BCUT2D eigenvalue weighted by Gasteiger charge is 2.15. The van der Waals surface area contributed by atoms with Crippen LogP contribution in [0, 0.1) is 5.82 Å². The van der Waals surface area contributed by atoms with Gasteiger partial charge in [-0.15, -0.1) is 11.6 Å². The number of nitrogens with zero attached hydrogens (tertiary/aromatic N) is 2. The molecule has 0 saturated carbocycles. The third-order valence-electron chi connectivity index (χ3n) is 3.71. The SMILES string of the molecule is CCCCCC(C)n1c(CCCl)nc2ccc(F)cc21. The number of imidazole rings is 1. The van der Waals surface area contributed by atoms with Crippen molar-refractivity contribution in [2.45, 2.75) is 52.0 Å². The molecule has 4 heteroatoms. The first kappa shape index (κ1) is 15.3. The summed E-state index contributed by atoms with van der Waals surface area (Å²) in [7, 11) is 0. The van der Waals surface area contributed by atoms with Crippen molar-refractivity contribution >= 4 is 22.6 Å². The largest absolute Gasteiger partial charge is 0.325 e. The van der Waals surface area contributed by atoms with Gasteiger partial charge in [0.05, 0.1) is 11.0 Å². The van der Waals surface area contributed by atoms with Gasteiger partial charge in [-0.05, 0) is 31.5 Å². The van der Waals surface area contributed by atoms with Crippen LogP contribution in [0.4, 0.5) is 4.39 Å². The van der Waals surface area contributed by atoms with Crippen LogP contribution in [-0.4, -0.2) is 15.4 Å². The van der Waals surface area contributed by atoms with Crippen molar-refractivity contribution in [3.63, 3.8) is 0 Å². The fraction of sp³-hybridized carbons (Fsp3) is 0.562. The number of aromatic nitrogens is 2. The Labute approximate surface area is 125 Å². The predicted octanol–water partition coefficient (Wildman–Crippen LogP) is 5.10. The van der Waals surface area contributed by atoms with Gasteiger partial charge >= 0.3 is 0 Å². The van der Waals surface area contributed by atoms with E-state index in [0.29, 0.717) is 11.9 Å². The van der Waals surface area contributed by atoms with Crippen LogP contribution in [0.25, 0.3) is 11.0 Å². The third-order valence-corrected chi connectivity index (χ3v) is 3.90. The van der Waals surface area contributed by atoms with E-state index in [2.05, 4.69) is 23.4 Å². The Morgan fingerprint density at radius 1 is 1.35 bits per heavy atom. The summed E-state index contributed by atoms with van der Waals surface area (Å²) in [4.78, 5) is 4.60. The molecule has 1 aromatic carbocycles. The molecule has 2 nitrogen and oxygen atoms in total. The average Bonchev–Trinajstić information content (AvgIpc) is 2.76. The maximum Gasteiger partial charge on any atom is 0.125 e. The number of halogens is 2. The van der Waals surface area contributed by atoms with Crippen molar-refractivity contribution in [2.75, 3.05) is 5.88 Å². The molecule has 0 aliphatic rings. The zero-order valence-electron chi connectivity index (χ0n) is 12.2. The summed E-state index contributed by atoms with van der Waals surface area (Å²) in [6.45, 7) is 4.38. The molecular weight excluding hydrogens is 275 g/mol. The lowest BCUT2D eigenvalue weighted by Gasteiger charge is -2.17. The lowest BCUT2D eigenvalue weighted by molar-refractivity contribution is 0.474. The maximum atomic E-state index is 13.5. The van der Waals surface area contributed by atoms with Gasteiger partial charge in [-0.2, -0.15) is 0 Å². The van der Waals surface area contributed by atoms with Crippen LogP contribution in [0.2, 0.25) is 0 Å². The molecule has 0 aliphatic heterocycles. The molecule has 0 spiro atoms. The first-order valence-electron chi connectivity index (χ1n) is 7.39. The van der Waals surface area contributed by atoms with Gasteiger partial charge in [0.1, 0.15) is 11.6 Å².